The van der Waals surface area contributed by atoms with E-state index in [9.17, 15) is 9.59 Å². The number of aromatic nitrogens is 1. The molecule has 162 valence electrons. The highest BCUT2D eigenvalue weighted by atomic mass is 32.1. The third-order valence-electron chi connectivity index (χ3n) is 4.89. The number of thiophene rings is 1. The van der Waals surface area contributed by atoms with Gasteiger partial charge in [-0.3, -0.25) is 4.79 Å². The van der Waals surface area contributed by atoms with Gasteiger partial charge in [0.25, 0.3) is 0 Å². The summed E-state index contributed by atoms with van der Waals surface area (Å²) in [6, 6.07) is 7.85. The highest BCUT2D eigenvalue weighted by Gasteiger charge is 2.32. The molecule has 3 aromatic rings. The van der Waals surface area contributed by atoms with Crippen molar-refractivity contribution in [1.29, 1.82) is 0 Å². The molecule has 1 aliphatic carbocycles. The quantitative estimate of drug-likeness (QED) is 0.441. The molecule has 1 fully saturated rings. The lowest BCUT2D eigenvalue weighted by molar-refractivity contribution is -0.115. The van der Waals surface area contributed by atoms with Crippen LogP contribution in [0.2, 0.25) is 0 Å². The van der Waals surface area contributed by atoms with Crippen molar-refractivity contribution in [2.45, 2.75) is 45.6 Å². The van der Waals surface area contributed by atoms with Gasteiger partial charge < -0.3 is 14.8 Å². The second kappa shape index (κ2) is 9.62. The number of carbonyl (C=O) groups is 2. The first-order valence-corrected chi connectivity index (χ1v) is 12.0. The average Bonchev–Trinajstić information content (AvgIpc) is 3.36. The molecule has 0 saturated heterocycles. The molecule has 2 aromatic heterocycles. The van der Waals surface area contributed by atoms with Crippen molar-refractivity contribution in [3.63, 3.8) is 0 Å². The van der Waals surface area contributed by atoms with Gasteiger partial charge in [-0.05, 0) is 55.7 Å². The number of nitrogens with one attached hydrogen (secondary N) is 1. The van der Waals surface area contributed by atoms with Gasteiger partial charge in [0, 0.05) is 5.38 Å². The zero-order valence-electron chi connectivity index (χ0n) is 17.5. The first-order valence-electron chi connectivity index (χ1n) is 10.2. The van der Waals surface area contributed by atoms with Crippen LogP contribution in [-0.4, -0.2) is 23.5 Å². The lowest BCUT2D eigenvalue weighted by Gasteiger charge is -2.08. The normalized spacial score (nSPS) is 13.1. The van der Waals surface area contributed by atoms with Gasteiger partial charge in [0.1, 0.15) is 22.4 Å². The number of esters is 1. The Kier molecular flexibility index (Phi) is 6.67. The maximum absolute atomic E-state index is 12.6. The summed E-state index contributed by atoms with van der Waals surface area (Å²) in [4.78, 5) is 29.5. The molecule has 0 spiro atoms. The van der Waals surface area contributed by atoms with E-state index in [0.717, 1.165) is 29.2 Å². The topological polar surface area (TPSA) is 77.5 Å². The molecular formula is C23H24N2O4S2. The van der Waals surface area contributed by atoms with E-state index >= 15 is 0 Å². The number of amides is 1. The lowest BCUT2D eigenvalue weighted by atomic mass is 10.1. The number of aryl methyl sites for hydroxylation is 1. The van der Waals surface area contributed by atoms with Crippen molar-refractivity contribution in [1.82, 2.24) is 4.98 Å². The van der Waals surface area contributed by atoms with E-state index < -0.39 is 0 Å². The molecule has 8 heteroatoms. The maximum Gasteiger partial charge on any atom is 0.341 e. The van der Waals surface area contributed by atoms with Crippen LogP contribution in [0.4, 0.5) is 5.00 Å². The fraction of sp³-hybridized carbons (Fsp3) is 0.348. The van der Waals surface area contributed by atoms with Crippen molar-refractivity contribution in [2.75, 3.05) is 11.9 Å². The van der Waals surface area contributed by atoms with Crippen molar-refractivity contribution >= 4 is 39.6 Å². The molecule has 0 atom stereocenters. The lowest BCUT2D eigenvalue weighted by Crippen LogP contribution is -2.17. The second-order valence-electron chi connectivity index (χ2n) is 7.45. The minimum atomic E-state index is -0.370. The molecule has 0 unspecified atom stereocenters. The summed E-state index contributed by atoms with van der Waals surface area (Å²) in [5.41, 5.74) is 3.36. The highest BCUT2D eigenvalue weighted by Crippen LogP contribution is 2.46. The number of carbonyl (C=O) groups excluding carboxylic acids is 2. The number of nitrogens with zero attached hydrogens (tertiary/aromatic N) is 1. The molecule has 0 aliphatic heterocycles. The summed E-state index contributed by atoms with van der Waals surface area (Å²) in [6.07, 6.45) is 2.28. The van der Waals surface area contributed by atoms with E-state index in [0.29, 0.717) is 35.4 Å². The second-order valence-corrected chi connectivity index (χ2v) is 9.27. The Balaban J connectivity index is 1.36. The van der Waals surface area contributed by atoms with Crippen LogP contribution in [0.1, 0.15) is 57.9 Å². The van der Waals surface area contributed by atoms with Gasteiger partial charge in [0.05, 0.1) is 24.3 Å². The van der Waals surface area contributed by atoms with Gasteiger partial charge in [-0.2, -0.15) is 0 Å². The Morgan fingerprint density at radius 2 is 1.94 bits per heavy atom. The predicted molar refractivity (Wildman–Crippen MR) is 122 cm³/mol. The molecule has 1 N–H and O–H groups in total. The Morgan fingerprint density at radius 1 is 1.16 bits per heavy atom. The largest absolute Gasteiger partial charge is 0.486 e. The van der Waals surface area contributed by atoms with Gasteiger partial charge in [-0.25, -0.2) is 9.78 Å². The van der Waals surface area contributed by atoms with Gasteiger partial charge in [-0.1, -0.05) is 17.7 Å². The first-order chi connectivity index (χ1) is 15.0. The van der Waals surface area contributed by atoms with Crippen LogP contribution in [-0.2, 0) is 22.6 Å². The minimum absolute atomic E-state index is 0.139. The molecule has 1 amide bonds. The van der Waals surface area contributed by atoms with E-state index in [-0.39, 0.29) is 18.3 Å². The Morgan fingerprint density at radius 3 is 2.65 bits per heavy atom. The van der Waals surface area contributed by atoms with E-state index in [1.165, 1.54) is 28.2 Å². The third kappa shape index (κ3) is 5.51. The van der Waals surface area contributed by atoms with E-state index in [1.54, 1.807) is 6.92 Å². The van der Waals surface area contributed by atoms with E-state index in [2.05, 4.69) is 10.3 Å². The maximum atomic E-state index is 12.6. The standard InChI is InChI=1S/C23H24N2O4S2/c1-3-28-23(27)21-18(15-6-7-15)13-31-22(21)25-19(26)10-16-12-30-20(24-16)11-29-17-8-4-14(2)5-9-17/h4-5,8-9,12-13,15H,3,6-7,10-11H2,1-2H3,(H,25,26). The van der Waals surface area contributed by atoms with Gasteiger partial charge in [0.15, 0.2) is 0 Å². The SMILES string of the molecule is CCOC(=O)c1c(C2CC2)csc1NC(=O)Cc1csc(COc2ccc(C)cc2)n1. The van der Waals surface area contributed by atoms with Gasteiger partial charge in [0.2, 0.25) is 5.91 Å². The van der Waals surface area contributed by atoms with Crippen LogP contribution in [0.15, 0.2) is 35.0 Å². The first kappa shape index (κ1) is 21.5. The number of benzene rings is 1. The number of hydrogen-bond acceptors (Lipinski definition) is 7. The molecule has 1 saturated carbocycles. The predicted octanol–water partition coefficient (Wildman–Crippen LogP) is 5.33. The Labute approximate surface area is 189 Å². The van der Waals surface area contributed by atoms with Crippen LogP contribution < -0.4 is 10.1 Å². The molecule has 6 nitrogen and oxygen atoms in total. The molecule has 1 aliphatic rings. The summed E-state index contributed by atoms with van der Waals surface area (Å²) in [6.45, 7) is 4.47. The average molecular weight is 457 g/mol. The molecule has 0 bridgehead atoms. The third-order valence-corrected chi connectivity index (χ3v) is 6.68. The van der Waals surface area contributed by atoms with Crippen LogP contribution >= 0.6 is 22.7 Å². The van der Waals surface area contributed by atoms with Crippen molar-refractivity contribution in [3.05, 3.63) is 62.4 Å². The number of thiazole rings is 1. The zero-order valence-corrected chi connectivity index (χ0v) is 19.1. The Hall–Kier alpha value is -2.71. The fourth-order valence-corrected chi connectivity index (χ4v) is 4.94. The molecular weight excluding hydrogens is 432 g/mol. The van der Waals surface area contributed by atoms with Gasteiger partial charge in [-0.15, -0.1) is 22.7 Å². The smallest absolute Gasteiger partial charge is 0.341 e. The molecule has 31 heavy (non-hydrogen) atoms. The number of rotatable bonds is 9. The van der Waals surface area contributed by atoms with Gasteiger partial charge >= 0.3 is 5.97 Å². The Bertz CT molecular complexity index is 1070. The number of hydrogen-bond donors (Lipinski definition) is 1. The molecule has 1 aromatic carbocycles. The van der Waals surface area contributed by atoms with Crippen molar-refractivity contribution < 1.29 is 19.1 Å². The molecule has 2 heterocycles. The molecule has 4 rings (SSSR count). The number of anilines is 1. The minimum Gasteiger partial charge on any atom is -0.486 e. The summed E-state index contributed by atoms with van der Waals surface area (Å²) >= 11 is 2.84. The van der Waals surface area contributed by atoms with Crippen LogP contribution in [0.5, 0.6) is 5.75 Å². The zero-order chi connectivity index (χ0) is 21.8. The molecule has 0 radical (unpaired) electrons. The van der Waals surface area contributed by atoms with E-state index in [4.69, 9.17) is 9.47 Å². The van der Waals surface area contributed by atoms with Crippen LogP contribution in [0, 0.1) is 6.92 Å². The summed E-state index contributed by atoms with van der Waals surface area (Å²) in [5, 5.41) is 8.08. The summed E-state index contributed by atoms with van der Waals surface area (Å²) in [7, 11) is 0. The monoisotopic (exact) mass is 456 g/mol. The van der Waals surface area contributed by atoms with Crippen molar-refractivity contribution in [3.8, 4) is 5.75 Å². The number of ether oxygens (including phenoxy) is 2. The van der Waals surface area contributed by atoms with Crippen molar-refractivity contribution in [2.24, 2.45) is 0 Å². The van der Waals surface area contributed by atoms with E-state index in [1.807, 2.05) is 41.9 Å². The summed E-state index contributed by atoms with van der Waals surface area (Å²) < 4.78 is 11.0. The van der Waals surface area contributed by atoms with Crippen LogP contribution in [0.3, 0.4) is 0 Å². The summed E-state index contributed by atoms with van der Waals surface area (Å²) in [5.74, 6) is 0.614. The van der Waals surface area contributed by atoms with Crippen LogP contribution in [0.25, 0.3) is 0 Å². The highest BCUT2D eigenvalue weighted by molar-refractivity contribution is 7.15. The fourth-order valence-electron chi connectivity index (χ4n) is 3.18.